The Morgan fingerprint density at radius 3 is 2.60 bits per heavy atom. The molecule has 0 aliphatic heterocycles. The average Bonchev–Trinajstić information content (AvgIpc) is 2.55. The lowest BCUT2D eigenvalue weighted by molar-refractivity contribution is 0.275. The summed E-state index contributed by atoms with van der Waals surface area (Å²) >= 11 is 6.04. The fraction of sp³-hybridized carbons (Fsp3) is 0.222. The Bertz CT molecular complexity index is 468. The van der Waals surface area contributed by atoms with Gasteiger partial charge in [-0.1, -0.05) is 11.6 Å². The van der Waals surface area contributed by atoms with Crippen molar-refractivity contribution in [2.45, 2.75) is 6.61 Å². The zero-order valence-electron chi connectivity index (χ0n) is 8.05. The highest BCUT2D eigenvalue weighted by atomic mass is 35.5. The first-order chi connectivity index (χ1) is 7.24. The first kappa shape index (κ1) is 10.1. The Labute approximate surface area is 91.4 Å². The summed E-state index contributed by atoms with van der Waals surface area (Å²) in [6, 6.07) is 1.72. The summed E-state index contributed by atoms with van der Waals surface area (Å²) in [5.74, 6) is 0.497. The number of aryl methyl sites for hydroxylation is 1. The quantitative estimate of drug-likeness (QED) is 0.828. The van der Waals surface area contributed by atoms with Gasteiger partial charge in [-0.2, -0.15) is 5.10 Å². The second-order valence-corrected chi connectivity index (χ2v) is 3.34. The van der Waals surface area contributed by atoms with E-state index in [0.717, 1.165) is 0 Å². The number of hydrogen-bond acceptors (Lipinski definition) is 4. The Kier molecular flexibility index (Phi) is 2.66. The van der Waals surface area contributed by atoms with Crippen LogP contribution >= 0.6 is 11.6 Å². The summed E-state index contributed by atoms with van der Waals surface area (Å²) < 4.78 is 1.56. The highest BCUT2D eigenvalue weighted by Crippen LogP contribution is 2.27. The minimum Gasteiger partial charge on any atom is -0.390 e. The van der Waals surface area contributed by atoms with E-state index in [2.05, 4.69) is 15.1 Å². The van der Waals surface area contributed by atoms with Crippen LogP contribution in [0.1, 0.15) is 5.69 Å². The van der Waals surface area contributed by atoms with Crippen molar-refractivity contribution in [2.24, 2.45) is 7.05 Å². The predicted molar refractivity (Wildman–Crippen MR) is 55.2 cm³/mol. The van der Waals surface area contributed by atoms with Gasteiger partial charge in [0.2, 0.25) is 0 Å². The summed E-state index contributed by atoms with van der Waals surface area (Å²) in [6.07, 6.45) is 3.26. The van der Waals surface area contributed by atoms with Crippen molar-refractivity contribution in [3.8, 4) is 11.5 Å². The molecule has 0 saturated carbocycles. The Morgan fingerprint density at radius 2 is 2.07 bits per heavy atom. The molecule has 0 bridgehead atoms. The van der Waals surface area contributed by atoms with Crippen LogP contribution in [0.2, 0.25) is 5.02 Å². The number of aliphatic hydroxyl groups is 1. The third kappa shape index (κ3) is 1.71. The normalized spacial score (nSPS) is 10.6. The van der Waals surface area contributed by atoms with Gasteiger partial charge in [0.05, 0.1) is 11.6 Å². The minimum atomic E-state index is -0.195. The van der Waals surface area contributed by atoms with Crippen LogP contribution in [0.5, 0.6) is 0 Å². The number of rotatable bonds is 2. The summed E-state index contributed by atoms with van der Waals surface area (Å²) in [5, 5.41) is 13.5. The summed E-state index contributed by atoms with van der Waals surface area (Å²) in [5.41, 5.74) is 1.04. The van der Waals surface area contributed by atoms with E-state index in [1.165, 1.54) is 0 Å². The highest BCUT2D eigenvalue weighted by molar-refractivity contribution is 6.33. The molecule has 2 aromatic heterocycles. The molecule has 2 aromatic rings. The lowest BCUT2D eigenvalue weighted by Gasteiger charge is -1.99. The molecular weight excluding hydrogens is 216 g/mol. The van der Waals surface area contributed by atoms with Gasteiger partial charge in [0.25, 0.3) is 0 Å². The second-order valence-electron chi connectivity index (χ2n) is 2.96. The van der Waals surface area contributed by atoms with Crippen molar-refractivity contribution in [1.29, 1.82) is 0 Å². The van der Waals surface area contributed by atoms with Gasteiger partial charge in [-0.15, -0.1) is 0 Å². The molecule has 0 amide bonds. The van der Waals surface area contributed by atoms with Gasteiger partial charge < -0.3 is 5.11 Å². The largest absolute Gasteiger partial charge is 0.390 e. The van der Waals surface area contributed by atoms with Crippen molar-refractivity contribution in [3.63, 3.8) is 0 Å². The van der Waals surface area contributed by atoms with Gasteiger partial charge in [-0.25, -0.2) is 9.97 Å². The van der Waals surface area contributed by atoms with Crippen LogP contribution < -0.4 is 0 Å². The molecule has 0 spiro atoms. The average molecular weight is 225 g/mol. The molecule has 0 saturated heterocycles. The fourth-order valence-electron chi connectivity index (χ4n) is 1.32. The Morgan fingerprint density at radius 1 is 1.40 bits per heavy atom. The van der Waals surface area contributed by atoms with Crippen molar-refractivity contribution in [3.05, 3.63) is 29.2 Å². The van der Waals surface area contributed by atoms with Gasteiger partial charge in [-0.05, 0) is 6.07 Å². The third-order valence-electron chi connectivity index (χ3n) is 1.98. The van der Waals surface area contributed by atoms with Crippen molar-refractivity contribution in [2.75, 3.05) is 0 Å². The standard InChI is InChI=1S/C9H9ClN4O/c1-14-8(7(10)6(5-15)13-14)9-11-3-2-4-12-9/h2-4,15H,5H2,1H3. The van der Waals surface area contributed by atoms with Crippen LogP contribution in [-0.4, -0.2) is 24.9 Å². The number of hydrogen-bond donors (Lipinski definition) is 1. The summed E-state index contributed by atoms with van der Waals surface area (Å²) in [6.45, 7) is -0.195. The Hall–Kier alpha value is -1.46. The van der Waals surface area contributed by atoms with E-state index in [1.807, 2.05) is 0 Å². The van der Waals surface area contributed by atoms with Crippen LogP contribution in [0.25, 0.3) is 11.5 Å². The number of nitrogens with zero attached hydrogens (tertiary/aromatic N) is 4. The minimum absolute atomic E-state index is 0.195. The molecule has 0 unspecified atom stereocenters. The molecule has 1 N–H and O–H groups in total. The molecule has 5 nitrogen and oxygen atoms in total. The predicted octanol–water partition coefficient (Wildman–Crippen LogP) is 1.02. The SMILES string of the molecule is Cn1nc(CO)c(Cl)c1-c1ncccn1. The first-order valence-electron chi connectivity index (χ1n) is 4.33. The molecule has 0 radical (unpaired) electrons. The van der Waals surface area contributed by atoms with Gasteiger partial charge in [0.15, 0.2) is 5.82 Å². The van der Waals surface area contributed by atoms with Gasteiger partial charge in [-0.3, -0.25) is 4.68 Å². The van der Waals surface area contributed by atoms with E-state index >= 15 is 0 Å². The molecule has 0 aliphatic carbocycles. The van der Waals surface area contributed by atoms with Gasteiger partial charge >= 0.3 is 0 Å². The molecule has 6 heteroatoms. The van der Waals surface area contributed by atoms with Crippen LogP contribution in [0, 0.1) is 0 Å². The third-order valence-corrected chi connectivity index (χ3v) is 2.38. The maximum Gasteiger partial charge on any atom is 0.179 e. The number of halogens is 1. The van der Waals surface area contributed by atoms with E-state index in [0.29, 0.717) is 22.2 Å². The molecule has 2 rings (SSSR count). The monoisotopic (exact) mass is 224 g/mol. The van der Waals surface area contributed by atoms with Crippen LogP contribution in [0.4, 0.5) is 0 Å². The van der Waals surface area contributed by atoms with Crippen molar-refractivity contribution in [1.82, 2.24) is 19.7 Å². The first-order valence-corrected chi connectivity index (χ1v) is 4.71. The summed E-state index contributed by atoms with van der Waals surface area (Å²) in [4.78, 5) is 8.16. The molecule has 15 heavy (non-hydrogen) atoms. The molecule has 0 fully saturated rings. The van der Waals surface area contributed by atoms with E-state index in [-0.39, 0.29) is 6.61 Å². The molecule has 0 aromatic carbocycles. The van der Waals surface area contributed by atoms with Crippen LogP contribution in [-0.2, 0) is 13.7 Å². The molecule has 0 atom stereocenters. The molecular formula is C9H9ClN4O. The smallest absolute Gasteiger partial charge is 0.179 e. The zero-order chi connectivity index (χ0) is 10.8. The molecule has 78 valence electrons. The second kappa shape index (κ2) is 3.96. The molecule has 0 aliphatic rings. The van der Waals surface area contributed by atoms with E-state index in [4.69, 9.17) is 16.7 Å². The topological polar surface area (TPSA) is 63.8 Å². The van der Waals surface area contributed by atoms with E-state index in [9.17, 15) is 0 Å². The zero-order valence-corrected chi connectivity index (χ0v) is 8.81. The highest BCUT2D eigenvalue weighted by Gasteiger charge is 2.16. The van der Waals surface area contributed by atoms with Crippen molar-refractivity contribution >= 4 is 11.6 Å². The van der Waals surface area contributed by atoms with Gasteiger partial charge in [0, 0.05) is 19.4 Å². The van der Waals surface area contributed by atoms with Crippen molar-refractivity contribution < 1.29 is 5.11 Å². The Balaban J connectivity index is 2.58. The van der Waals surface area contributed by atoms with Crippen LogP contribution in [0.3, 0.4) is 0 Å². The lowest BCUT2D eigenvalue weighted by atomic mass is 10.3. The maximum absolute atomic E-state index is 9.00. The fourth-order valence-corrected chi connectivity index (χ4v) is 1.62. The van der Waals surface area contributed by atoms with Gasteiger partial charge in [0.1, 0.15) is 11.4 Å². The number of aromatic nitrogens is 4. The summed E-state index contributed by atoms with van der Waals surface area (Å²) in [7, 11) is 1.73. The lowest BCUT2D eigenvalue weighted by Crippen LogP contribution is -1.97. The van der Waals surface area contributed by atoms with Crippen LogP contribution in [0.15, 0.2) is 18.5 Å². The van der Waals surface area contributed by atoms with E-state index in [1.54, 1.807) is 30.2 Å². The number of aliphatic hydroxyl groups excluding tert-OH is 1. The maximum atomic E-state index is 9.00. The van der Waals surface area contributed by atoms with E-state index < -0.39 is 0 Å². The molecule has 2 heterocycles.